The van der Waals surface area contributed by atoms with Gasteiger partial charge in [0.15, 0.2) is 5.65 Å². The highest BCUT2D eigenvalue weighted by atomic mass is 16.1. The molecule has 0 aliphatic heterocycles. The summed E-state index contributed by atoms with van der Waals surface area (Å²) in [5.74, 6) is 0.651. The molecule has 110 valence electrons. The van der Waals surface area contributed by atoms with E-state index in [-0.39, 0.29) is 5.91 Å². The van der Waals surface area contributed by atoms with E-state index in [4.69, 9.17) is 0 Å². The predicted molar refractivity (Wildman–Crippen MR) is 85.4 cm³/mol. The number of carbonyl (C=O) groups excluding carboxylic acids is 1. The third-order valence-electron chi connectivity index (χ3n) is 3.05. The van der Waals surface area contributed by atoms with Crippen molar-refractivity contribution in [3.63, 3.8) is 0 Å². The maximum absolute atomic E-state index is 11.1. The van der Waals surface area contributed by atoms with Crippen molar-refractivity contribution in [2.75, 3.05) is 10.6 Å². The SMILES string of the molecule is CC(=O)Nc1cccc(CNc2ccc3nccnc3n2)c1. The highest BCUT2D eigenvalue weighted by Crippen LogP contribution is 2.14. The first kappa shape index (κ1) is 13.9. The Morgan fingerprint density at radius 3 is 2.86 bits per heavy atom. The molecular formula is C16H15N5O. The van der Waals surface area contributed by atoms with E-state index in [9.17, 15) is 4.79 Å². The van der Waals surface area contributed by atoms with Crippen molar-refractivity contribution in [2.45, 2.75) is 13.5 Å². The number of fused-ring (bicyclic) bond motifs is 1. The first-order valence-corrected chi connectivity index (χ1v) is 6.89. The number of carbonyl (C=O) groups is 1. The van der Waals surface area contributed by atoms with Gasteiger partial charge in [0, 0.05) is 31.5 Å². The Morgan fingerprint density at radius 2 is 2.00 bits per heavy atom. The molecule has 0 spiro atoms. The van der Waals surface area contributed by atoms with E-state index in [1.54, 1.807) is 12.4 Å². The van der Waals surface area contributed by atoms with Gasteiger partial charge in [0.05, 0.1) is 0 Å². The zero-order valence-corrected chi connectivity index (χ0v) is 12.1. The average molecular weight is 293 g/mol. The number of nitrogens with zero attached hydrogens (tertiary/aromatic N) is 3. The second-order valence-corrected chi connectivity index (χ2v) is 4.83. The van der Waals surface area contributed by atoms with Crippen molar-refractivity contribution in [3.8, 4) is 0 Å². The number of anilines is 2. The zero-order valence-electron chi connectivity index (χ0n) is 12.1. The summed E-state index contributed by atoms with van der Waals surface area (Å²) in [6.07, 6.45) is 3.26. The monoisotopic (exact) mass is 293 g/mol. The van der Waals surface area contributed by atoms with E-state index in [2.05, 4.69) is 25.6 Å². The Kier molecular flexibility index (Phi) is 3.91. The largest absolute Gasteiger partial charge is 0.366 e. The van der Waals surface area contributed by atoms with Gasteiger partial charge >= 0.3 is 0 Å². The maximum atomic E-state index is 11.1. The molecule has 2 heterocycles. The minimum Gasteiger partial charge on any atom is -0.366 e. The van der Waals surface area contributed by atoms with E-state index in [0.29, 0.717) is 12.2 Å². The van der Waals surface area contributed by atoms with Crippen LogP contribution in [0.2, 0.25) is 0 Å². The van der Waals surface area contributed by atoms with E-state index in [1.165, 1.54) is 6.92 Å². The van der Waals surface area contributed by atoms with Gasteiger partial charge in [-0.1, -0.05) is 12.1 Å². The molecule has 22 heavy (non-hydrogen) atoms. The molecule has 2 aromatic heterocycles. The van der Waals surface area contributed by atoms with Crippen molar-refractivity contribution in [2.24, 2.45) is 0 Å². The van der Waals surface area contributed by atoms with Crippen LogP contribution < -0.4 is 10.6 Å². The Bertz CT molecular complexity index is 818. The number of benzene rings is 1. The van der Waals surface area contributed by atoms with E-state index in [0.717, 1.165) is 22.6 Å². The molecular weight excluding hydrogens is 278 g/mol. The fourth-order valence-corrected chi connectivity index (χ4v) is 2.11. The lowest BCUT2D eigenvalue weighted by Gasteiger charge is -2.08. The number of aromatic nitrogens is 3. The number of pyridine rings is 1. The van der Waals surface area contributed by atoms with Crippen LogP contribution in [-0.2, 0) is 11.3 Å². The molecule has 1 aromatic carbocycles. The normalized spacial score (nSPS) is 10.4. The second kappa shape index (κ2) is 6.17. The van der Waals surface area contributed by atoms with Gasteiger partial charge in [0.2, 0.25) is 5.91 Å². The van der Waals surface area contributed by atoms with Crippen molar-refractivity contribution >= 4 is 28.6 Å². The van der Waals surface area contributed by atoms with Gasteiger partial charge in [-0.05, 0) is 29.8 Å². The average Bonchev–Trinajstić information content (AvgIpc) is 2.52. The van der Waals surface area contributed by atoms with E-state index >= 15 is 0 Å². The summed E-state index contributed by atoms with van der Waals surface area (Å²) >= 11 is 0. The smallest absolute Gasteiger partial charge is 0.221 e. The molecule has 3 rings (SSSR count). The minimum absolute atomic E-state index is 0.0834. The van der Waals surface area contributed by atoms with E-state index in [1.807, 2.05) is 36.4 Å². The molecule has 0 atom stereocenters. The number of hydrogen-bond acceptors (Lipinski definition) is 5. The summed E-state index contributed by atoms with van der Waals surface area (Å²) < 4.78 is 0. The lowest BCUT2D eigenvalue weighted by Crippen LogP contribution is -2.07. The number of rotatable bonds is 4. The van der Waals surface area contributed by atoms with Crippen molar-refractivity contribution in [3.05, 3.63) is 54.4 Å². The first-order valence-electron chi connectivity index (χ1n) is 6.89. The molecule has 0 unspecified atom stereocenters. The predicted octanol–water partition coefficient (Wildman–Crippen LogP) is 2.60. The van der Waals surface area contributed by atoms with Crippen LogP contribution in [-0.4, -0.2) is 20.9 Å². The van der Waals surface area contributed by atoms with Crippen molar-refractivity contribution in [1.29, 1.82) is 0 Å². The molecule has 6 heteroatoms. The van der Waals surface area contributed by atoms with Crippen LogP contribution in [0.25, 0.3) is 11.2 Å². The van der Waals surface area contributed by atoms with Crippen LogP contribution in [0.15, 0.2) is 48.8 Å². The Balaban J connectivity index is 1.72. The summed E-state index contributed by atoms with van der Waals surface area (Å²) in [7, 11) is 0. The van der Waals surface area contributed by atoms with Crippen LogP contribution in [0.1, 0.15) is 12.5 Å². The van der Waals surface area contributed by atoms with Gasteiger partial charge in [0.1, 0.15) is 11.3 Å². The molecule has 0 aliphatic rings. The fraction of sp³-hybridized carbons (Fsp3) is 0.125. The topological polar surface area (TPSA) is 79.8 Å². The lowest BCUT2D eigenvalue weighted by molar-refractivity contribution is -0.114. The van der Waals surface area contributed by atoms with Crippen LogP contribution in [0.4, 0.5) is 11.5 Å². The summed E-state index contributed by atoms with van der Waals surface area (Å²) in [5.41, 5.74) is 3.21. The number of amides is 1. The third-order valence-corrected chi connectivity index (χ3v) is 3.05. The molecule has 2 N–H and O–H groups in total. The summed E-state index contributed by atoms with van der Waals surface area (Å²) in [4.78, 5) is 23.9. The Morgan fingerprint density at radius 1 is 1.14 bits per heavy atom. The zero-order chi connectivity index (χ0) is 15.4. The fourth-order valence-electron chi connectivity index (χ4n) is 2.11. The molecule has 3 aromatic rings. The van der Waals surface area contributed by atoms with Gasteiger partial charge < -0.3 is 10.6 Å². The maximum Gasteiger partial charge on any atom is 0.221 e. The van der Waals surface area contributed by atoms with Crippen LogP contribution in [0.3, 0.4) is 0 Å². The Hall–Kier alpha value is -3.02. The molecule has 1 amide bonds. The van der Waals surface area contributed by atoms with Crippen LogP contribution >= 0.6 is 0 Å². The molecule has 0 aliphatic carbocycles. The third kappa shape index (κ3) is 3.35. The van der Waals surface area contributed by atoms with Crippen molar-refractivity contribution < 1.29 is 4.79 Å². The molecule has 0 fully saturated rings. The van der Waals surface area contributed by atoms with Gasteiger partial charge in [-0.2, -0.15) is 0 Å². The van der Waals surface area contributed by atoms with E-state index < -0.39 is 0 Å². The summed E-state index contributed by atoms with van der Waals surface area (Å²) in [6.45, 7) is 2.09. The number of nitrogens with one attached hydrogen (secondary N) is 2. The molecule has 0 bridgehead atoms. The number of hydrogen-bond donors (Lipinski definition) is 2. The standard InChI is InChI=1S/C16H15N5O/c1-11(22)20-13-4-2-3-12(9-13)10-19-15-6-5-14-16(21-15)18-8-7-17-14/h2-9H,10H2,1H3,(H,20,22)(H,18,19,21). The molecule has 0 saturated carbocycles. The highest BCUT2D eigenvalue weighted by Gasteiger charge is 2.01. The van der Waals surface area contributed by atoms with Gasteiger partial charge in [0.25, 0.3) is 0 Å². The highest BCUT2D eigenvalue weighted by molar-refractivity contribution is 5.88. The molecule has 0 radical (unpaired) electrons. The molecule has 6 nitrogen and oxygen atoms in total. The summed E-state index contributed by atoms with van der Waals surface area (Å²) in [6, 6.07) is 11.4. The van der Waals surface area contributed by atoms with Gasteiger partial charge in [-0.15, -0.1) is 0 Å². The Labute approximate surface area is 127 Å². The van der Waals surface area contributed by atoms with Gasteiger partial charge in [-0.3, -0.25) is 9.78 Å². The van der Waals surface area contributed by atoms with Crippen LogP contribution in [0.5, 0.6) is 0 Å². The second-order valence-electron chi connectivity index (χ2n) is 4.83. The first-order chi connectivity index (χ1) is 10.7. The molecule has 0 saturated heterocycles. The van der Waals surface area contributed by atoms with Crippen molar-refractivity contribution in [1.82, 2.24) is 15.0 Å². The van der Waals surface area contributed by atoms with Crippen LogP contribution in [0, 0.1) is 0 Å². The minimum atomic E-state index is -0.0834. The van der Waals surface area contributed by atoms with Gasteiger partial charge in [-0.25, -0.2) is 9.97 Å². The summed E-state index contributed by atoms with van der Waals surface area (Å²) in [5, 5.41) is 6.01. The lowest BCUT2D eigenvalue weighted by atomic mass is 10.2. The quantitative estimate of drug-likeness (QED) is 0.773.